The van der Waals surface area contributed by atoms with Crippen molar-refractivity contribution in [3.63, 3.8) is 0 Å². The van der Waals surface area contributed by atoms with Gasteiger partial charge >= 0.3 is 12.4 Å². The second-order valence-corrected chi connectivity index (χ2v) is 7.78. The summed E-state index contributed by atoms with van der Waals surface area (Å²) in [6.45, 7) is 1.24. The Kier molecular flexibility index (Phi) is 6.57. The molecule has 1 amide bonds. The normalized spacial score (nSPS) is 22.6. The summed E-state index contributed by atoms with van der Waals surface area (Å²) in [5.74, 6) is -0.272. The highest BCUT2D eigenvalue weighted by Gasteiger charge is 2.45. The molecular weight excluding hydrogens is 438 g/mol. The number of carbonyl (C=O) groups excluding carboxylic acids is 1. The first kappa shape index (κ1) is 24.1. The van der Waals surface area contributed by atoms with Crippen molar-refractivity contribution in [1.29, 1.82) is 0 Å². The predicted molar refractivity (Wildman–Crippen MR) is 105 cm³/mol. The van der Waals surface area contributed by atoms with Crippen molar-refractivity contribution in [1.82, 2.24) is 10.6 Å². The number of carbonyl (C=O) groups is 1. The highest BCUT2D eigenvalue weighted by Crippen LogP contribution is 2.39. The molecule has 10 heteroatoms. The lowest BCUT2D eigenvalue weighted by Crippen LogP contribution is -2.43. The second kappa shape index (κ2) is 8.74. The number of halogens is 6. The molecule has 0 radical (unpaired) electrons. The molecule has 2 aromatic carbocycles. The van der Waals surface area contributed by atoms with Crippen molar-refractivity contribution in [2.24, 2.45) is 0 Å². The average molecular weight is 460 g/mol. The number of alkyl halides is 6. The number of amides is 1. The van der Waals surface area contributed by atoms with Gasteiger partial charge in [-0.25, -0.2) is 0 Å². The van der Waals surface area contributed by atoms with E-state index in [-0.39, 0.29) is 24.1 Å². The van der Waals surface area contributed by atoms with Gasteiger partial charge in [0.05, 0.1) is 35.4 Å². The molecule has 2 N–H and O–H groups in total. The molecule has 0 unspecified atom stereocenters. The summed E-state index contributed by atoms with van der Waals surface area (Å²) < 4.78 is 84.8. The zero-order chi connectivity index (χ0) is 23.7. The van der Waals surface area contributed by atoms with Crippen LogP contribution >= 0.6 is 0 Å². The predicted octanol–water partition coefficient (Wildman–Crippen LogP) is 4.81. The number of likely N-dealkylation sites (N-methyl/N-ethyl adjacent to an activating group) is 1. The molecule has 0 aromatic heterocycles. The molecule has 1 saturated heterocycles. The van der Waals surface area contributed by atoms with E-state index in [2.05, 4.69) is 10.6 Å². The third-order valence-corrected chi connectivity index (χ3v) is 5.57. The maximum absolute atomic E-state index is 13.2. The largest absolute Gasteiger partial charge is 0.416 e. The van der Waals surface area contributed by atoms with Crippen molar-refractivity contribution in [2.75, 3.05) is 13.7 Å². The topological polar surface area (TPSA) is 50.4 Å². The first-order valence-electron chi connectivity index (χ1n) is 9.81. The van der Waals surface area contributed by atoms with E-state index in [1.807, 2.05) is 0 Å². The minimum absolute atomic E-state index is 0.0798. The van der Waals surface area contributed by atoms with Crippen LogP contribution in [0.2, 0.25) is 0 Å². The van der Waals surface area contributed by atoms with Crippen LogP contribution in [0.1, 0.15) is 41.7 Å². The Morgan fingerprint density at radius 2 is 1.62 bits per heavy atom. The Morgan fingerprint density at radius 3 is 2.09 bits per heavy atom. The van der Waals surface area contributed by atoms with E-state index in [1.54, 1.807) is 37.4 Å². The number of nitrogens with one attached hydrogen (secondary N) is 2. The Morgan fingerprint density at radius 1 is 1.06 bits per heavy atom. The molecule has 0 bridgehead atoms. The quantitative estimate of drug-likeness (QED) is 0.609. The van der Waals surface area contributed by atoms with Crippen LogP contribution in [0.5, 0.6) is 0 Å². The van der Waals surface area contributed by atoms with Gasteiger partial charge in [-0.15, -0.1) is 0 Å². The van der Waals surface area contributed by atoms with Gasteiger partial charge in [0.15, 0.2) is 0 Å². The zero-order valence-electron chi connectivity index (χ0n) is 17.3. The van der Waals surface area contributed by atoms with Gasteiger partial charge in [0, 0.05) is 6.42 Å². The third kappa shape index (κ3) is 5.07. The maximum atomic E-state index is 13.2. The van der Waals surface area contributed by atoms with E-state index in [0.29, 0.717) is 18.6 Å². The van der Waals surface area contributed by atoms with Crippen LogP contribution in [0.4, 0.5) is 26.3 Å². The summed E-state index contributed by atoms with van der Waals surface area (Å²) in [6.07, 6.45) is -10.7. The van der Waals surface area contributed by atoms with E-state index < -0.39 is 41.2 Å². The molecule has 1 heterocycles. The lowest BCUT2D eigenvalue weighted by atomic mass is 9.88. The summed E-state index contributed by atoms with van der Waals surface area (Å²) in [5, 5.41) is 5.76. The lowest BCUT2D eigenvalue weighted by molar-refractivity contribution is -0.143. The first-order valence-corrected chi connectivity index (χ1v) is 9.81. The summed E-state index contributed by atoms with van der Waals surface area (Å²) >= 11 is 0. The van der Waals surface area contributed by atoms with Crippen LogP contribution in [-0.4, -0.2) is 25.6 Å². The molecular formula is C22H22F6N2O2. The summed E-state index contributed by atoms with van der Waals surface area (Å²) in [5.41, 5.74) is -3.32. The van der Waals surface area contributed by atoms with E-state index in [1.165, 1.54) is 6.92 Å². The molecule has 1 fully saturated rings. The van der Waals surface area contributed by atoms with E-state index in [9.17, 15) is 31.1 Å². The maximum Gasteiger partial charge on any atom is 0.416 e. The Labute approximate surface area is 181 Å². The minimum atomic E-state index is -4.94. The van der Waals surface area contributed by atoms with Gasteiger partial charge in [-0.05, 0) is 43.3 Å². The molecule has 0 saturated carbocycles. The zero-order valence-corrected chi connectivity index (χ0v) is 17.3. The molecule has 4 nitrogen and oxygen atoms in total. The van der Waals surface area contributed by atoms with Crippen LogP contribution in [0.15, 0.2) is 48.5 Å². The van der Waals surface area contributed by atoms with Crippen LogP contribution < -0.4 is 10.6 Å². The highest BCUT2D eigenvalue weighted by atomic mass is 19.4. The van der Waals surface area contributed by atoms with Gasteiger partial charge in [0.25, 0.3) is 0 Å². The molecule has 174 valence electrons. The van der Waals surface area contributed by atoms with Crippen LogP contribution in [0.25, 0.3) is 0 Å². The molecule has 0 aliphatic carbocycles. The Balaban J connectivity index is 1.90. The van der Waals surface area contributed by atoms with Gasteiger partial charge in [-0.3, -0.25) is 4.79 Å². The highest BCUT2D eigenvalue weighted by molar-refractivity contribution is 5.85. The van der Waals surface area contributed by atoms with Crippen LogP contribution in [-0.2, 0) is 27.4 Å². The molecule has 2 aromatic rings. The van der Waals surface area contributed by atoms with Crippen molar-refractivity contribution in [2.45, 2.75) is 43.4 Å². The fourth-order valence-corrected chi connectivity index (χ4v) is 3.75. The van der Waals surface area contributed by atoms with Gasteiger partial charge < -0.3 is 15.4 Å². The second-order valence-electron chi connectivity index (χ2n) is 7.78. The van der Waals surface area contributed by atoms with Crippen molar-refractivity contribution in [3.8, 4) is 0 Å². The molecule has 0 spiro atoms. The smallest absolute Gasteiger partial charge is 0.371 e. The number of hydrogen-bond donors (Lipinski definition) is 2. The summed E-state index contributed by atoms with van der Waals surface area (Å²) in [7, 11) is 1.62. The minimum Gasteiger partial charge on any atom is -0.371 e. The standard InChI is InChI=1S/C22H22F6N2O2/c1-13(14-8-16(21(23,24)25)10-17(9-14)22(26,27)28)32-12-20(15-6-4-3-5-7-15)11-18(29-2)19(31)30-20/h3-10,13,18,29H,11-12H2,1-2H3,(H,30,31)/t13-,18+,20-/m1/s1. The lowest BCUT2D eigenvalue weighted by Gasteiger charge is -2.31. The van der Waals surface area contributed by atoms with E-state index in [4.69, 9.17) is 4.74 Å². The number of rotatable bonds is 6. The monoisotopic (exact) mass is 460 g/mol. The SMILES string of the molecule is CN[C@H]1C[C@@](CO[C@H](C)c2cc(C(F)(F)F)cc(C(F)(F)F)c2)(c2ccccc2)NC1=O. The molecule has 1 aliphatic heterocycles. The van der Waals surface area contributed by atoms with E-state index >= 15 is 0 Å². The summed E-state index contributed by atoms with van der Waals surface area (Å²) in [4.78, 5) is 12.3. The van der Waals surface area contributed by atoms with Gasteiger partial charge in [-0.2, -0.15) is 26.3 Å². The van der Waals surface area contributed by atoms with E-state index in [0.717, 1.165) is 5.56 Å². The van der Waals surface area contributed by atoms with Gasteiger partial charge in [0.1, 0.15) is 0 Å². The van der Waals surface area contributed by atoms with Crippen molar-refractivity contribution < 1.29 is 35.9 Å². The third-order valence-electron chi connectivity index (χ3n) is 5.57. The van der Waals surface area contributed by atoms with Gasteiger partial charge in [0.2, 0.25) is 5.91 Å². The number of hydrogen-bond acceptors (Lipinski definition) is 3. The van der Waals surface area contributed by atoms with Crippen molar-refractivity contribution >= 4 is 5.91 Å². The summed E-state index contributed by atoms with van der Waals surface area (Å²) in [6, 6.07) is 9.74. The van der Waals surface area contributed by atoms with Gasteiger partial charge in [-0.1, -0.05) is 30.3 Å². The molecule has 1 aliphatic rings. The molecule has 3 rings (SSSR count). The Hall–Kier alpha value is -2.59. The number of ether oxygens (including phenoxy) is 1. The fraction of sp³-hybridized carbons (Fsp3) is 0.409. The number of benzene rings is 2. The van der Waals surface area contributed by atoms with Crippen molar-refractivity contribution in [3.05, 3.63) is 70.8 Å². The Bertz CT molecular complexity index is 929. The first-order chi connectivity index (χ1) is 14.9. The van der Waals surface area contributed by atoms with Crippen LogP contribution in [0, 0.1) is 0 Å². The molecule has 32 heavy (non-hydrogen) atoms. The average Bonchev–Trinajstić information content (AvgIpc) is 3.08. The fourth-order valence-electron chi connectivity index (χ4n) is 3.75. The van der Waals surface area contributed by atoms with Crippen LogP contribution in [0.3, 0.4) is 0 Å². The molecule has 3 atom stereocenters.